The molecule has 0 saturated carbocycles. The Morgan fingerprint density at radius 3 is 2.50 bits per heavy atom. The second-order valence-corrected chi connectivity index (χ2v) is 6.59. The number of hydrogen-bond donors (Lipinski definition) is 2. The largest absolute Gasteiger partial charge is 0.479 e. The zero-order valence-electron chi connectivity index (χ0n) is 13.3. The molecule has 0 saturated heterocycles. The highest BCUT2D eigenvalue weighted by atomic mass is 35.5. The molecular weight excluding hydrogens is 350 g/mol. The minimum Gasteiger partial charge on any atom is -0.479 e. The van der Waals surface area contributed by atoms with E-state index in [2.05, 4.69) is 5.32 Å². The fourth-order valence-electron chi connectivity index (χ4n) is 2.48. The molecule has 0 aliphatic carbocycles. The predicted molar refractivity (Wildman–Crippen MR) is 93.6 cm³/mol. The van der Waals surface area contributed by atoms with E-state index in [9.17, 15) is 14.7 Å². The summed E-state index contributed by atoms with van der Waals surface area (Å²) in [6.45, 7) is 2.01. The molecule has 0 aliphatic rings. The SMILES string of the molecule is CCC(NC(=O)c1sccc1COC)(C(=O)O)c1ccc(Cl)cc1. The van der Waals surface area contributed by atoms with Gasteiger partial charge in [0.2, 0.25) is 0 Å². The van der Waals surface area contributed by atoms with Crippen molar-refractivity contribution in [1.82, 2.24) is 5.32 Å². The molecule has 1 atom stereocenters. The fourth-order valence-corrected chi connectivity index (χ4v) is 3.41. The first-order valence-corrected chi connectivity index (χ1v) is 8.57. The van der Waals surface area contributed by atoms with Crippen LogP contribution in [0.2, 0.25) is 5.02 Å². The number of thiophene rings is 1. The lowest BCUT2D eigenvalue weighted by atomic mass is 9.87. The predicted octanol–water partition coefficient (Wildman–Crippen LogP) is 3.67. The van der Waals surface area contributed by atoms with Gasteiger partial charge in [0.15, 0.2) is 5.54 Å². The van der Waals surface area contributed by atoms with Gasteiger partial charge in [-0.05, 0) is 35.6 Å². The third-order valence-corrected chi connectivity index (χ3v) is 5.02. The first-order chi connectivity index (χ1) is 11.4. The first-order valence-electron chi connectivity index (χ1n) is 7.32. The fraction of sp³-hybridized carbons (Fsp3) is 0.294. The lowest BCUT2D eigenvalue weighted by Crippen LogP contribution is -2.51. The van der Waals surface area contributed by atoms with Gasteiger partial charge in [-0.25, -0.2) is 4.79 Å². The van der Waals surface area contributed by atoms with E-state index in [1.165, 1.54) is 11.3 Å². The van der Waals surface area contributed by atoms with Gasteiger partial charge in [0.25, 0.3) is 5.91 Å². The van der Waals surface area contributed by atoms with Gasteiger partial charge in [0.1, 0.15) is 0 Å². The number of hydrogen-bond acceptors (Lipinski definition) is 4. The molecule has 0 spiro atoms. The van der Waals surface area contributed by atoms with Crippen LogP contribution in [0.25, 0.3) is 0 Å². The van der Waals surface area contributed by atoms with E-state index in [-0.39, 0.29) is 6.42 Å². The van der Waals surface area contributed by atoms with E-state index in [1.54, 1.807) is 49.7 Å². The van der Waals surface area contributed by atoms with E-state index in [1.807, 2.05) is 0 Å². The monoisotopic (exact) mass is 367 g/mol. The zero-order chi connectivity index (χ0) is 17.7. The summed E-state index contributed by atoms with van der Waals surface area (Å²) in [4.78, 5) is 25.1. The number of rotatable bonds is 7. The molecule has 0 fully saturated rings. The number of carbonyl (C=O) groups excluding carboxylic acids is 1. The molecule has 7 heteroatoms. The molecule has 1 amide bonds. The molecule has 2 rings (SSSR count). The van der Waals surface area contributed by atoms with Gasteiger partial charge in [0, 0.05) is 17.7 Å². The Morgan fingerprint density at radius 2 is 1.96 bits per heavy atom. The van der Waals surface area contributed by atoms with Crippen LogP contribution in [-0.4, -0.2) is 24.1 Å². The number of amides is 1. The van der Waals surface area contributed by atoms with Crippen LogP contribution in [0.15, 0.2) is 35.7 Å². The van der Waals surface area contributed by atoms with Crippen LogP contribution in [-0.2, 0) is 21.7 Å². The number of benzene rings is 1. The minimum atomic E-state index is -1.52. The molecule has 2 aromatic rings. The van der Waals surface area contributed by atoms with Gasteiger partial charge in [-0.2, -0.15) is 0 Å². The highest BCUT2D eigenvalue weighted by Crippen LogP contribution is 2.28. The Morgan fingerprint density at radius 1 is 1.29 bits per heavy atom. The van der Waals surface area contributed by atoms with Crippen molar-refractivity contribution in [3.63, 3.8) is 0 Å². The highest BCUT2D eigenvalue weighted by molar-refractivity contribution is 7.12. The summed E-state index contributed by atoms with van der Waals surface area (Å²) in [5.74, 6) is -1.55. The van der Waals surface area contributed by atoms with Crippen molar-refractivity contribution in [3.8, 4) is 0 Å². The van der Waals surface area contributed by atoms with Crippen molar-refractivity contribution in [2.75, 3.05) is 7.11 Å². The van der Waals surface area contributed by atoms with Gasteiger partial charge < -0.3 is 15.2 Å². The molecule has 1 aromatic carbocycles. The molecule has 128 valence electrons. The van der Waals surface area contributed by atoms with Crippen molar-refractivity contribution in [2.45, 2.75) is 25.5 Å². The van der Waals surface area contributed by atoms with Gasteiger partial charge in [0.05, 0.1) is 11.5 Å². The van der Waals surface area contributed by atoms with Gasteiger partial charge in [-0.3, -0.25) is 4.79 Å². The van der Waals surface area contributed by atoms with Crippen molar-refractivity contribution in [1.29, 1.82) is 0 Å². The zero-order valence-corrected chi connectivity index (χ0v) is 14.9. The first kappa shape index (κ1) is 18.4. The van der Waals surface area contributed by atoms with E-state index in [0.717, 1.165) is 5.56 Å². The molecule has 0 bridgehead atoms. The van der Waals surface area contributed by atoms with Crippen LogP contribution in [0.1, 0.15) is 34.1 Å². The van der Waals surface area contributed by atoms with Gasteiger partial charge in [-0.1, -0.05) is 30.7 Å². The van der Waals surface area contributed by atoms with Crippen LogP contribution in [0.4, 0.5) is 0 Å². The normalized spacial score (nSPS) is 13.3. The molecule has 1 heterocycles. The Bertz CT molecular complexity index is 728. The van der Waals surface area contributed by atoms with E-state index in [4.69, 9.17) is 16.3 Å². The van der Waals surface area contributed by atoms with E-state index in [0.29, 0.717) is 22.1 Å². The topological polar surface area (TPSA) is 75.6 Å². The third-order valence-electron chi connectivity index (χ3n) is 3.81. The second-order valence-electron chi connectivity index (χ2n) is 5.23. The van der Waals surface area contributed by atoms with Crippen LogP contribution in [0.5, 0.6) is 0 Å². The summed E-state index contributed by atoms with van der Waals surface area (Å²) in [5, 5.41) is 14.8. The molecule has 1 unspecified atom stereocenters. The van der Waals surface area contributed by atoms with Crippen molar-refractivity contribution in [2.24, 2.45) is 0 Å². The standard InChI is InChI=1S/C17H18ClNO4S/c1-3-17(16(21)22,12-4-6-13(18)7-5-12)19-15(20)14-11(10-23-2)8-9-24-14/h4-9H,3,10H2,1-2H3,(H,19,20)(H,21,22). The van der Waals surface area contributed by atoms with Gasteiger partial charge >= 0.3 is 5.97 Å². The van der Waals surface area contributed by atoms with Crippen LogP contribution < -0.4 is 5.32 Å². The molecule has 0 aliphatic heterocycles. The average Bonchev–Trinajstić information content (AvgIpc) is 3.02. The third kappa shape index (κ3) is 3.61. The summed E-state index contributed by atoms with van der Waals surface area (Å²) in [5.41, 5.74) is -0.317. The van der Waals surface area contributed by atoms with E-state index < -0.39 is 17.4 Å². The minimum absolute atomic E-state index is 0.195. The number of methoxy groups -OCH3 is 1. The lowest BCUT2D eigenvalue weighted by Gasteiger charge is -2.30. The molecule has 2 N–H and O–H groups in total. The summed E-state index contributed by atoms with van der Waals surface area (Å²) in [6, 6.07) is 8.24. The Hall–Kier alpha value is -1.89. The average molecular weight is 368 g/mol. The molecule has 5 nitrogen and oxygen atoms in total. The Balaban J connectivity index is 2.39. The Labute approximate surface area is 149 Å². The van der Waals surface area contributed by atoms with Crippen LogP contribution in [0.3, 0.4) is 0 Å². The molecular formula is C17H18ClNO4S. The molecule has 0 radical (unpaired) electrons. The van der Waals surface area contributed by atoms with E-state index >= 15 is 0 Å². The molecule has 24 heavy (non-hydrogen) atoms. The number of carboxylic acid groups (broad SMARTS) is 1. The summed E-state index contributed by atoms with van der Waals surface area (Å²) in [7, 11) is 1.54. The number of halogens is 1. The summed E-state index contributed by atoms with van der Waals surface area (Å²) in [6.07, 6.45) is 0.195. The number of carbonyl (C=O) groups is 2. The number of carboxylic acids is 1. The number of ether oxygens (including phenoxy) is 1. The number of aliphatic carboxylic acids is 1. The Kier molecular flexibility index (Phi) is 5.99. The lowest BCUT2D eigenvalue weighted by molar-refractivity contribution is -0.145. The second kappa shape index (κ2) is 7.79. The highest BCUT2D eigenvalue weighted by Gasteiger charge is 2.41. The van der Waals surface area contributed by atoms with Crippen LogP contribution in [0, 0.1) is 0 Å². The maximum atomic E-state index is 12.7. The van der Waals surface area contributed by atoms with Crippen molar-refractivity contribution < 1.29 is 19.4 Å². The maximum Gasteiger partial charge on any atom is 0.334 e. The molecule has 1 aromatic heterocycles. The van der Waals surface area contributed by atoms with Gasteiger partial charge in [-0.15, -0.1) is 11.3 Å². The summed E-state index contributed by atoms with van der Waals surface area (Å²) >= 11 is 7.13. The summed E-state index contributed by atoms with van der Waals surface area (Å²) < 4.78 is 5.07. The maximum absolute atomic E-state index is 12.7. The van der Waals surface area contributed by atoms with Crippen molar-refractivity contribution >= 4 is 34.8 Å². The van der Waals surface area contributed by atoms with Crippen molar-refractivity contribution in [3.05, 3.63) is 56.7 Å². The smallest absolute Gasteiger partial charge is 0.334 e. The quantitative estimate of drug-likeness (QED) is 0.782. The van der Waals surface area contributed by atoms with Crippen LogP contribution >= 0.6 is 22.9 Å². The number of nitrogens with one attached hydrogen (secondary N) is 1.